The number of rotatable bonds is 8. The van der Waals surface area contributed by atoms with Crippen LogP contribution in [0.15, 0.2) is 53.3 Å². The van der Waals surface area contributed by atoms with Gasteiger partial charge >= 0.3 is 12.8 Å². The molecule has 4 rings (SSSR count). The molecule has 0 spiro atoms. The van der Waals surface area contributed by atoms with Crippen LogP contribution in [-0.2, 0) is 40.2 Å². The van der Waals surface area contributed by atoms with Crippen molar-refractivity contribution in [2.24, 2.45) is 0 Å². The van der Waals surface area contributed by atoms with Crippen LogP contribution < -0.4 is 11.2 Å². The van der Waals surface area contributed by atoms with Gasteiger partial charge in [-0.05, 0) is 56.6 Å². The molecule has 1 saturated heterocycles. The van der Waals surface area contributed by atoms with E-state index in [0.717, 1.165) is 5.56 Å². The molecule has 0 bridgehead atoms. The first kappa shape index (κ1) is 29.2. The maximum absolute atomic E-state index is 15.4. The van der Waals surface area contributed by atoms with E-state index in [2.05, 4.69) is 38.0 Å². The lowest BCUT2D eigenvalue weighted by molar-refractivity contribution is -0.0136. The van der Waals surface area contributed by atoms with Crippen molar-refractivity contribution in [3.8, 4) is 0 Å². The minimum Gasteiger partial charge on any atom is -0.399 e. The maximum atomic E-state index is 15.4. The monoisotopic (exact) mass is 539 g/mol. The predicted octanol–water partition coefficient (Wildman–Crippen LogP) is 5.43. The summed E-state index contributed by atoms with van der Waals surface area (Å²) in [7, 11) is -0.718. The molecule has 1 aliphatic heterocycles. The summed E-state index contributed by atoms with van der Waals surface area (Å²) in [5, 5.41) is 4.45. The Bertz CT molecular complexity index is 1360. The van der Waals surface area contributed by atoms with E-state index in [1.807, 2.05) is 46.8 Å². The third-order valence-electron chi connectivity index (χ3n) is 7.96. The Balaban J connectivity index is 1.50. The number of aromatic nitrogens is 3. The molecule has 210 valence electrons. The summed E-state index contributed by atoms with van der Waals surface area (Å²) in [5.41, 5.74) is 1.18. The molecular formula is C30H40BF2N3O3. The van der Waals surface area contributed by atoms with Crippen LogP contribution in [-0.4, -0.2) is 32.7 Å². The third kappa shape index (κ3) is 6.04. The van der Waals surface area contributed by atoms with Gasteiger partial charge in [-0.1, -0.05) is 69.3 Å². The van der Waals surface area contributed by atoms with Gasteiger partial charge < -0.3 is 9.31 Å². The lowest BCUT2D eigenvalue weighted by atomic mass is 9.78. The minimum atomic E-state index is -3.12. The molecule has 1 aliphatic rings. The second-order valence-corrected chi connectivity index (χ2v) is 12.5. The molecule has 0 atom stereocenters. The summed E-state index contributed by atoms with van der Waals surface area (Å²) < 4.78 is 45.8. The van der Waals surface area contributed by atoms with Crippen LogP contribution in [0.4, 0.5) is 8.78 Å². The number of hydrogen-bond acceptors (Lipinski definition) is 4. The average molecular weight is 539 g/mol. The number of hydrogen-bond donors (Lipinski definition) is 0. The van der Waals surface area contributed by atoms with Crippen LogP contribution in [0.2, 0.25) is 0 Å². The molecule has 0 unspecified atom stereocenters. The number of halogens is 2. The highest BCUT2D eigenvalue weighted by Crippen LogP contribution is 2.37. The molecule has 0 N–H and O–H groups in total. The standard InChI is InChI=1S/C30H40BF2N3O3/c1-9-35-25(34-36(26(35)37)20-21-13-15-22(16-14-21)27(2,3)4)17-18-30(32,33)23-11-10-12-24(19-23)31-38-28(5,6)29(7,8)39-31/h10-16,19H,9,17-18,20H2,1-8H3. The Morgan fingerprint density at radius 1 is 0.949 bits per heavy atom. The molecule has 2 aromatic carbocycles. The highest BCUT2D eigenvalue weighted by molar-refractivity contribution is 6.62. The normalized spacial score (nSPS) is 17.1. The largest absolute Gasteiger partial charge is 0.494 e. The lowest BCUT2D eigenvalue weighted by Gasteiger charge is -2.32. The van der Waals surface area contributed by atoms with E-state index in [1.54, 1.807) is 12.1 Å². The molecule has 9 heteroatoms. The van der Waals surface area contributed by atoms with Gasteiger partial charge in [-0.15, -0.1) is 0 Å². The number of aryl methyl sites for hydroxylation is 1. The van der Waals surface area contributed by atoms with Gasteiger partial charge in [0, 0.05) is 24.9 Å². The Morgan fingerprint density at radius 2 is 1.56 bits per heavy atom. The van der Waals surface area contributed by atoms with Crippen LogP contribution in [0.3, 0.4) is 0 Å². The number of nitrogens with zero attached hydrogens (tertiary/aromatic N) is 3. The van der Waals surface area contributed by atoms with Crippen LogP contribution in [0, 0.1) is 0 Å². The third-order valence-corrected chi connectivity index (χ3v) is 7.96. The molecule has 2 heterocycles. The van der Waals surface area contributed by atoms with E-state index in [4.69, 9.17) is 9.31 Å². The Morgan fingerprint density at radius 3 is 2.13 bits per heavy atom. The zero-order valence-corrected chi connectivity index (χ0v) is 24.3. The van der Waals surface area contributed by atoms with Gasteiger partial charge in [0.05, 0.1) is 17.7 Å². The summed E-state index contributed by atoms with van der Waals surface area (Å²) in [6.45, 7) is 16.6. The molecule has 3 aromatic rings. The van der Waals surface area contributed by atoms with Gasteiger partial charge in [-0.25, -0.2) is 18.3 Å². The second-order valence-electron chi connectivity index (χ2n) is 12.5. The fourth-order valence-corrected chi connectivity index (χ4v) is 4.68. The number of benzene rings is 2. The van der Waals surface area contributed by atoms with Crippen LogP contribution in [0.25, 0.3) is 0 Å². The molecule has 0 saturated carbocycles. The topological polar surface area (TPSA) is 58.3 Å². The molecule has 0 radical (unpaired) electrons. The highest BCUT2D eigenvalue weighted by Gasteiger charge is 2.52. The van der Waals surface area contributed by atoms with Crippen molar-refractivity contribution in [2.45, 2.75) is 104 Å². The quantitative estimate of drug-likeness (QED) is 0.358. The summed E-state index contributed by atoms with van der Waals surface area (Å²) in [6.07, 6.45) is -0.511. The SMILES string of the molecule is CCn1c(CCC(F)(F)c2cccc(B3OC(C)(C)C(C)(C)O3)c2)nn(Cc2ccc(C(C)(C)C)cc2)c1=O. The van der Waals surface area contributed by atoms with Gasteiger partial charge in [-0.3, -0.25) is 4.57 Å². The highest BCUT2D eigenvalue weighted by atomic mass is 19.3. The van der Waals surface area contributed by atoms with Gasteiger partial charge in [0.1, 0.15) is 5.82 Å². The molecule has 0 aliphatic carbocycles. The molecule has 0 amide bonds. The Labute approximate surface area is 230 Å². The van der Waals surface area contributed by atoms with E-state index in [9.17, 15) is 4.79 Å². The number of alkyl halides is 2. The first-order valence-electron chi connectivity index (χ1n) is 13.6. The van der Waals surface area contributed by atoms with E-state index in [-0.39, 0.29) is 29.6 Å². The molecular weight excluding hydrogens is 499 g/mol. The first-order valence-corrected chi connectivity index (χ1v) is 13.6. The van der Waals surface area contributed by atoms with Crippen molar-refractivity contribution in [3.63, 3.8) is 0 Å². The van der Waals surface area contributed by atoms with E-state index in [1.165, 1.54) is 26.9 Å². The predicted molar refractivity (Wildman–Crippen MR) is 151 cm³/mol. The van der Waals surface area contributed by atoms with Gasteiger partial charge in [0.25, 0.3) is 5.92 Å². The lowest BCUT2D eigenvalue weighted by Crippen LogP contribution is -2.41. The zero-order valence-electron chi connectivity index (χ0n) is 24.3. The van der Waals surface area contributed by atoms with E-state index in [0.29, 0.717) is 17.8 Å². The summed E-state index contributed by atoms with van der Waals surface area (Å²) in [6, 6.07) is 14.3. The van der Waals surface area contributed by atoms with Crippen molar-refractivity contribution in [2.75, 3.05) is 0 Å². The van der Waals surface area contributed by atoms with Gasteiger partial charge in [0.15, 0.2) is 0 Å². The molecule has 39 heavy (non-hydrogen) atoms. The summed E-state index contributed by atoms with van der Waals surface area (Å²) in [5.74, 6) is -2.77. The average Bonchev–Trinajstić information content (AvgIpc) is 3.27. The zero-order chi connectivity index (χ0) is 28.8. The Kier molecular flexibility index (Phi) is 7.73. The van der Waals surface area contributed by atoms with Crippen LogP contribution in [0.1, 0.15) is 84.3 Å². The molecule has 1 fully saturated rings. The van der Waals surface area contributed by atoms with Gasteiger partial charge in [-0.2, -0.15) is 5.10 Å². The van der Waals surface area contributed by atoms with E-state index >= 15 is 8.78 Å². The molecule has 1 aromatic heterocycles. The van der Waals surface area contributed by atoms with Crippen molar-refractivity contribution >= 4 is 12.6 Å². The van der Waals surface area contributed by atoms with Crippen molar-refractivity contribution in [3.05, 3.63) is 81.5 Å². The fraction of sp³-hybridized carbons (Fsp3) is 0.533. The van der Waals surface area contributed by atoms with Crippen LogP contribution >= 0.6 is 0 Å². The summed E-state index contributed by atoms with van der Waals surface area (Å²) in [4.78, 5) is 13.0. The molecule has 6 nitrogen and oxygen atoms in total. The Hall–Kier alpha value is -2.78. The fourth-order valence-electron chi connectivity index (χ4n) is 4.68. The summed E-state index contributed by atoms with van der Waals surface area (Å²) >= 11 is 0. The second kappa shape index (κ2) is 10.3. The van der Waals surface area contributed by atoms with Crippen LogP contribution in [0.5, 0.6) is 0 Å². The van der Waals surface area contributed by atoms with E-state index < -0.39 is 30.7 Å². The smallest absolute Gasteiger partial charge is 0.399 e. The van der Waals surface area contributed by atoms with Crippen molar-refractivity contribution in [1.29, 1.82) is 0 Å². The van der Waals surface area contributed by atoms with Crippen molar-refractivity contribution < 1.29 is 18.1 Å². The van der Waals surface area contributed by atoms with Crippen molar-refractivity contribution in [1.82, 2.24) is 14.3 Å². The first-order chi connectivity index (χ1) is 18.0. The maximum Gasteiger partial charge on any atom is 0.494 e. The minimum absolute atomic E-state index is 0.0292. The van der Waals surface area contributed by atoms with Gasteiger partial charge in [0.2, 0.25) is 0 Å².